The van der Waals surface area contributed by atoms with E-state index in [1.807, 2.05) is 0 Å². The van der Waals surface area contributed by atoms with Crippen LogP contribution in [-0.4, -0.2) is 25.0 Å². The van der Waals surface area contributed by atoms with Crippen LogP contribution in [0.4, 0.5) is 14.5 Å². The molecular weight excluding hydrogens is 352 g/mol. The number of phenols is 1. The Balaban J connectivity index is 1.98. The topological polar surface area (TPSA) is 51.0 Å². The van der Waals surface area contributed by atoms with Crippen molar-refractivity contribution < 1.29 is 23.4 Å². The Morgan fingerprint density at radius 1 is 1.00 bits per heavy atom. The maximum Gasteiger partial charge on any atom is 0.387 e. The van der Waals surface area contributed by atoms with Crippen molar-refractivity contribution in [1.29, 1.82) is 0 Å². The van der Waals surface area contributed by atoms with E-state index in [1.165, 1.54) is 12.3 Å². The van der Waals surface area contributed by atoms with Gasteiger partial charge in [0.1, 0.15) is 17.2 Å². The molecule has 0 aromatic heterocycles. The molecule has 0 amide bonds. The quantitative estimate of drug-likeness (QED) is 0.590. The molecule has 0 aliphatic heterocycles. The number of phenolic OH excluding ortho intramolecular Hbond substituents is 1. The molecule has 1 N–H and O–H groups in total. The summed E-state index contributed by atoms with van der Waals surface area (Å²) in [5, 5.41) is 9.81. The van der Waals surface area contributed by atoms with Gasteiger partial charge in [-0.05, 0) is 48.0 Å². The number of aromatic hydroxyl groups is 1. The zero-order valence-electron chi connectivity index (χ0n) is 14.5. The lowest BCUT2D eigenvalue weighted by atomic mass is 10.0. The second kappa shape index (κ2) is 8.31. The molecule has 3 aromatic rings. The molecule has 0 saturated carbocycles. The summed E-state index contributed by atoms with van der Waals surface area (Å²) >= 11 is 0. The summed E-state index contributed by atoms with van der Waals surface area (Å²) in [7, 11) is 1.55. The number of ether oxygens (including phenoxy) is 2. The Morgan fingerprint density at radius 3 is 2.41 bits per heavy atom. The predicted octanol–water partition coefficient (Wildman–Crippen LogP) is 5.42. The molecule has 0 bridgehead atoms. The van der Waals surface area contributed by atoms with Crippen molar-refractivity contribution in [2.75, 3.05) is 7.11 Å². The average Bonchev–Trinajstić information content (AvgIpc) is 2.68. The summed E-state index contributed by atoms with van der Waals surface area (Å²) in [6.45, 7) is -2.93. The number of alkyl halides is 2. The van der Waals surface area contributed by atoms with Crippen LogP contribution in [0, 0.1) is 0 Å². The molecule has 0 aliphatic carbocycles. The third-order valence-electron chi connectivity index (χ3n) is 3.87. The van der Waals surface area contributed by atoms with Gasteiger partial charge in [-0.2, -0.15) is 8.78 Å². The van der Waals surface area contributed by atoms with Gasteiger partial charge in [0.25, 0.3) is 0 Å². The first kappa shape index (κ1) is 18.4. The molecule has 0 saturated heterocycles. The summed E-state index contributed by atoms with van der Waals surface area (Å²) < 4.78 is 35.3. The highest BCUT2D eigenvalue weighted by molar-refractivity contribution is 5.86. The van der Waals surface area contributed by atoms with E-state index in [9.17, 15) is 13.9 Å². The number of rotatable bonds is 6. The van der Waals surface area contributed by atoms with E-state index in [1.54, 1.807) is 67.8 Å². The molecule has 4 nitrogen and oxygen atoms in total. The molecule has 3 rings (SSSR count). The number of halogens is 2. The van der Waals surface area contributed by atoms with E-state index in [0.717, 1.165) is 0 Å². The predicted molar refractivity (Wildman–Crippen MR) is 100 cm³/mol. The van der Waals surface area contributed by atoms with Crippen LogP contribution in [-0.2, 0) is 0 Å². The van der Waals surface area contributed by atoms with E-state index in [2.05, 4.69) is 9.73 Å². The second-order valence-corrected chi connectivity index (χ2v) is 5.60. The smallest absolute Gasteiger partial charge is 0.387 e. The Kier molecular flexibility index (Phi) is 5.66. The van der Waals surface area contributed by atoms with Gasteiger partial charge in [0.05, 0.1) is 12.8 Å². The van der Waals surface area contributed by atoms with Gasteiger partial charge in [-0.15, -0.1) is 0 Å². The first-order chi connectivity index (χ1) is 13.1. The van der Waals surface area contributed by atoms with E-state index in [0.29, 0.717) is 28.1 Å². The van der Waals surface area contributed by atoms with Crippen LogP contribution < -0.4 is 9.47 Å². The minimum atomic E-state index is -2.93. The van der Waals surface area contributed by atoms with Crippen LogP contribution >= 0.6 is 0 Å². The lowest BCUT2D eigenvalue weighted by Gasteiger charge is -2.12. The van der Waals surface area contributed by atoms with E-state index in [4.69, 9.17) is 4.74 Å². The SMILES string of the molecule is COc1ccc(-c2cc(N=Cc3ccccc3O)ccc2OC(F)F)cc1. The Bertz CT molecular complexity index is 940. The molecule has 27 heavy (non-hydrogen) atoms. The highest BCUT2D eigenvalue weighted by Crippen LogP contribution is 2.35. The van der Waals surface area contributed by atoms with Crippen LogP contribution in [0.2, 0.25) is 0 Å². The van der Waals surface area contributed by atoms with Gasteiger partial charge in [-0.3, -0.25) is 4.99 Å². The van der Waals surface area contributed by atoms with Crippen LogP contribution in [0.25, 0.3) is 11.1 Å². The molecule has 3 aromatic carbocycles. The molecule has 0 fully saturated rings. The van der Waals surface area contributed by atoms with Gasteiger partial charge in [0.2, 0.25) is 0 Å². The zero-order chi connectivity index (χ0) is 19.2. The van der Waals surface area contributed by atoms with Gasteiger partial charge < -0.3 is 14.6 Å². The third-order valence-corrected chi connectivity index (χ3v) is 3.87. The van der Waals surface area contributed by atoms with Crippen molar-refractivity contribution in [3.8, 4) is 28.4 Å². The number of hydrogen-bond donors (Lipinski definition) is 1. The van der Waals surface area contributed by atoms with Crippen LogP contribution in [0.1, 0.15) is 5.56 Å². The van der Waals surface area contributed by atoms with Crippen molar-refractivity contribution in [3.05, 3.63) is 72.3 Å². The highest BCUT2D eigenvalue weighted by Gasteiger charge is 2.12. The van der Waals surface area contributed by atoms with Crippen molar-refractivity contribution in [2.24, 2.45) is 4.99 Å². The average molecular weight is 369 g/mol. The summed E-state index contributed by atoms with van der Waals surface area (Å²) in [6, 6.07) is 18.4. The summed E-state index contributed by atoms with van der Waals surface area (Å²) in [6.07, 6.45) is 1.51. The Labute approximate surface area is 155 Å². The van der Waals surface area contributed by atoms with E-state index >= 15 is 0 Å². The van der Waals surface area contributed by atoms with Crippen molar-refractivity contribution in [3.63, 3.8) is 0 Å². The standard InChI is InChI=1S/C21H17F2NO3/c1-26-17-9-6-14(7-10-17)18-12-16(8-11-20(18)27-21(22)23)24-13-15-4-2-3-5-19(15)25/h2-13,21,25H,1H3. The van der Waals surface area contributed by atoms with Crippen molar-refractivity contribution in [2.45, 2.75) is 6.61 Å². The number of aliphatic imine (C=N–C) groups is 1. The molecular formula is C21H17F2NO3. The largest absolute Gasteiger partial charge is 0.507 e. The molecule has 138 valence electrons. The fourth-order valence-corrected chi connectivity index (χ4v) is 2.53. The number of para-hydroxylation sites is 1. The molecule has 0 atom stereocenters. The summed E-state index contributed by atoms with van der Waals surface area (Å²) in [5.74, 6) is 0.815. The minimum Gasteiger partial charge on any atom is -0.507 e. The fraction of sp³-hybridized carbons (Fsp3) is 0.0952. The highest BCUT2D eigenvalue weighted by atomic mass is 19.3. The molecule has 0 unspecified atom stereocenters. The van der Waals surface area contributed by atoms with Crippen molar-refractivity contribution in [1.82, 2.24) is 0 Å². The van der Waals surface area contributed by atoms with Crippen LogP contribution in [0.3, 0.4) is 0 Å². The third kappa shape index (κ3) is 4.61. The fourth-order valence-electron chi connectivity index (χ4n) is 2.53. The number of benzene rings is 3. The van der Waals surface area contributed by atoms with Crippen LogP contribution in [0.15, 0.2) is 71.7 Å². The Hall–Kier alpha value is -3.41. The first-order valence-corrected chi connectivity index (χ1v) is 8.12. The van der Waals surface area contributed by atoms with Gasteiger partial charge in [0.15, 0.2) is 0 Å². The molecule has 6 heteroatoms. The van der Waals surface area contributed by atoms with Crippen molar-refractivity contribution >= 4 is 11.9 Å². The van der Waals surface area contributed by atoms with Gasteiger partial charge >= 0.3 is 6.61 Å². The number of hydrogen-bond acceptors (Lipinski definition) is 4. The molecule has 0 spiro atoms. The maximum atomic E-state index is 12.7. The summed E-state index contributed by atoms with van der Waals surface area (Å²) in [4.78, 5) is 4.32. The molecule has 0 heterocycles. The normalized spacial score (nSPS) is 11.1. The van der Waals surface area contributed by atoms with Gasteiger partial charge in [0, 0.05) is 17.3 Å². The summed E-state index contributed by atoms with van der Waals surface area (Å²) in [5.41, 5.74) is 2.25. The lowest BCUT2D eigenvalue weighted by molar-refractivity contribution is -0.0494. The monoisotopic (exact) mass is 369 g/mol. The Morgan fingerprint density at radius 2 is 1.74 bits per heavy atom. The first-order valence-electron chi connectivity index (χ1n) is 8.12. The van der Waals surface area contributed by atoms with Crippen LogP contribution in [0.5, 0.6) is 17.2 Å². The van der Waals surface area contributed by atoms with Gasteiger partial charge in [-0.1, -0.05) is 24.3 Å². The second-order valence-electron chi connectivity index (χ2n) is 5.60. The zero-order valence-corrected chi connectivity index (χ0v) is 14.5. The lowest BCUT2D eigenvalue weighted by Crippen LogP contribution is -2.03. The number of nitrogens with zero attached hydrogens (tertiary/aromatic N) is 1. The van der Waals surface area contributed by atoms with Gasteiger partial charge in [-0.25, -0.2) is 0 Å². The van der Waals surface area contributed by atoms with E-state index < -0.39 is 6.61 Å². The maximum absolute atomic E-state index is 12.7. The molecule has 0 aliphatic rings. The minimum absolute atomic E-state index is 0.0525. The molecule has 0 radical (unpaired) electrons. The van der Waals surface area contributed by atoms with E-state index in [-0.39, 0.29) is 11.5 Å². The number of methoxy groups -OCH3 is 1.